The lowest BCUT2D eigenvalue weighted by Crippen LogP contribution is -2.40. The van der Waals surface area contributed by atoms with Crippen molar-refractivity contribution >= 4 is 17.0 Å². The smallest absolute Gasteiger partial charge is 0.315 e. The number of carbonyl (C=O) groups excluding carboxylic acids is 1. The Kier molecular flexibility index (Phi) is 4.86. The zero-order valence-corrected chi connectivity index (χ0v) is 13.4. The van der Waals surface area contributed by atoms with Crippen LogP contribution in [0.4, 0.5) is 4.79 Å². The highest BCUT2D eigenvalue weighted by Gasteiger charge is 2.21. The van der Waals surface area contributed by atoms with Gasteiger partial charge in [0.2, 0.25) is 0 Å². The monoisotopic (exact) mass is 316 g/mol. The SMILES string of the molecule is CC(NC(=O)NCC1CCCC(O)C1)c1cc2ccccc2o1. The number of nitrogens with one attached hydrogen (secondary N) is 2. The van der Waals surface area contributed by atoms with Gasteiger partial charge in [-0.05, 0) is 44.2 Å². The minimum atomic E-state index is -0.215. The van der Waals surface area contributed by atoms with E-state index in [0.717, 1.165) is 42.4 Å². The lowest BCUT2D eigenvalue weighted by molar-refractivity contribution is 0.101. The van der Waals surface area contributed by atoms with Crippen LogP contribution in [0.15, 0.2) is 34.7 Å². The van der Waals surface area contributed by atoms with Crippen molar-refractivity contribution < 1.29 is 14.3 Å². The fourth-order valence-corrected chi connectivity index (χ4v) is 3.22. The van der Waals surface area contributed by atoms with Crippen molar-refractivity contribution in [1.82, 2.24) is 10.6 Å². The molecule has 1 aliphatic carbocycles. The molecule has 1 aliphatic rings. The molecule has 3 atom stereocenters. The van der Waals surface area contributed by atoms with Crippen molar-refractivity contribution in [2.75, 3.05) is 6.54 Å². The Bertz CT molecular complexity index is 634. The average Bonchev–Trinajstić information content (AvgIpc) is 2.97. The molecule has 1 heterocycles. The standard InChI is InChI=1S/C18H24N2O3/c1-12(17-10-14-6-2-3-8-16(14)23-17)20-18(22)19-11-13-5-4-7-15(21)9-13/h2-3,6,8,10,12-13,15,21H,4-5,7,9,11H2,1H3,(H2,19,20,22). The second-order valence-corrected chi connectivity index (χ2v) is 6.45. The van der Waals surface area contributed by atoms with Gasteiger partial charge in [0.25, 0.3) is 0 Å². The fraction of sp³-hybridized carbons (Fsp3) is 0.500. The third kappa shape index (κ3) is 4.05. The molecular weight excluding hydrogens is 292 g/mol. The lowest BCUT2D eigenvalue weighted by Gasteiger charge is -2.26. The summed E-state index contributed by atoms with van der Waals surface area (Å²) in [5.74, 6) is 1.11. The molecule has 0 saturated heterocycles. The predicted octanol–water partition coefficient (Wildman–Crippen LogP) is 3.34. The van der Waals surface area contributed by atoms with E-state index >= 15 is 0 Å². The van der Waals surface area contributed by atoms with Gasteiger partial charge in [0.1, 0.15) is 11.3 Å². The van der Waals surface area contributed by atoms with Crippen LogP contribution in [0, 0.1) is 5.92 Å². The number of urea groups is 1. The highest BCUT2D eigenvalue weighted by atomic mass is 16.3. The first-order valence-corrected chi connectivity index (χ1v) is 8.32. The molecule has 124 valence electrons. The second kappa shape index (κ2) is 7.04. The summed E-state index contributed by atoms with van der Waals surface area (Å²) in [5, 5.41) is 16.5. The Morgan fingerprint density at radius 2 is 2.22 bits per heavy atom. The molecule has 5 heteroatoms. The number of fused-ring (bicyclic) bond motifs is 1. The van der Waals surface area contributed by atoms with Crippen molar-refractivity contribution in [2.24, 2.45) is 5.92 Å². The normalized spacial score (nSPS) is 22.7. The van der Waals surface area contributed by atoms with Crippen LogP contribution in [0.3, 0.4) is 0 Å². The molecule has 5 nitrogen and oxygen atoms in total. The van der Waals surface area contributed by atoms with E-state index in [0.29, 0.717) is 12.5 Å². The molecule has 1 aromatic heterocycles. The van der Waals surface area contributed by atoms with Crippen molar-refractivity contribution in [3.05, 3.63) is 36.1 Å². The van der Waals surface area contributed by atoms with Crippen molar-refractivity contribution in [1.29, 1.82) is 0 Å². The molecule has 0 spiro atoms. The Hall–Kier alpha value is -2.01. The largest absolute Gasteiger partial charge is 0.459 e. The number of carbonyl (C=O) groups is 1. The first kappa shape index (κ1) is 15.9. The molecule has 0 radical (unpaired) electrons. The quantitative estimate of drug-likeness (QED) is 0.810. The first-order valence-electron chi connectivity index (χ1n) is 8.32. The summed E-state index contributed by atoms with van der Waals surface area (Å²) >= 11 is 0. The highest BCUT2D eigenvalue weighted by molar-refractivity contribution is 5.78. The van der Waals surface area contributed by atoms with Crippen LogP contribution >= 0.6 is 0 Å². The molecule has 2 aromatic rings. The number of para-hydroxylation sites is 1. The molecule has 0 aliphatic heterocycles. The van der Waals surface area contributed by atoms with Crippen LogP contribution in [0.25, 0.3) is 11.0 Å². The Labute approximate surface area is 136 Å². The van der Waals surface area contributed by atoms with Crippen molar-refractivity contribution in [2.45, 2.75) is 44.8 Å². The van der Waals surface area contributed by atoms with E-state index < -0.39 is 0 Å². The molecule has 23 heavy (non-hydrogen) atoms. The maximum absolute atomic E-state index is 12.0. The van der Waals surface area contributed by atoms with Gasteiger partial charge in [0.05, 0.1) is 12.1 Å². The first-order chi connectivity index (χ1) is 11.1. The lowest BCUT2D eigenvalue weighted by atomic mass is 9.87. The van der Waals surface area contributed by atoms with Crippen LogP contribution in [0.5, 0.6) is 0 Å². The summed E-state index contributed by atoms with van der Waals surface area (Å²) in [5.41, 5.74) is 0.827. The molecule has 3 N–H and O–H groups in total. The highest BCUT2D eigenvalue weighted by Crippen LogP contribution is 2.24. The summed E-state index contributed by atoms with van der Waals surface area (Å²) in [4.78, 5) is 12.0. The van der Waals surface area contributed by atoms with Gasteiger partial charge in [0.15, 0.2) is 0 Å². The van der Waals surface area contributed by atoms with Crippen LogP contribution in [-0.4, -0.2) is 23.8 Å². The van der Waals surface area contributed by atoms with E-state index in [-0.39, 0.29) is 18.2 Å². The van der Waals surface area contributed by atoms with Gasteiger partial charge in [0, 0.05) is 11.9 Å². The Morgan fingerprint density at radius 1 is 1.39 bits per heavy atom. The Morgan fingerprint density at radius 3 is 3.00 bits per heavy atom. The van der Waals surface area contributed by atoms with Crippen LogP contribution in [0.1, 0.15) is 44.4 Å². The molecular formula is C18H24N2O3. The summed E-state index contributed by atoms with van der Waals surface area (Å²) in [6.45, 7) is 2.51. The van der Waals surface area contributed by atoms with E-state index in [1.807, 2.05) is 37.3 Å². The average molecular weight is 316 g/mol. The van der Waals surface area contributed by atoms with Crippen LogP contribution < -0.4 is 10.6 Å². The molecule has 3 rings (SSSR count). The molecule has 1 fully saturated rings. The van der Waals surface area contributed by atoms with Crippen molar-refractivity contribution in [3.63, 3.8) is 0 Å². The second-order valence-electron chi connectivity index (χ2n) is 6.45. The summed E-state index contributed by atoms with van der Waals surface area (Å²) in [6, 6.07) is 9.36. The summed E-state index contributed by atoms with van der Waals surface area (Å²) in [7, 11) is 0. The molecule has 0 bridgehead atoms. The maximum Gasteiger partial charge on any atom is 0.315 e. The van der Waals surface area contributed by atoms with Crippen LogP contribution in [0.2, 0.25) is 0 Å². The number of benzene rings is 1. The third-order valence-corrected chi connectivity index (χ3v) is 4.53. The number of aliphatic hydroxyl groups is 1. The number of amides is 2. The van der Waals surface area contributed by atoms with Gasteiger partial charge < -0.3 is 20.2 Å². The van der Waals surface area contributed by atoms with E-state index in [4.69, 9.17) is 4.42 Å². The van der Waals surface area contributed by atoms with E-state index in [2.05, 4.69) is 10.6 Å². The summed E-state index contributed by atoms with van der Waals surface area (Å²) < 4.78 is 5.76. The zero-order chi connectivity index (χ0) is 16.2. The minimum Gasteiger partial charge on any atom is -0.459 e. The van der Waals surface area contributed by atoms with Crippen LogP contribution in [-0.2, 0) is 0 Å². The molecule has 1 aromatic carbocycles. The predicted molar refractivity (Wildman–Crippen MR) is 89.1 cm³/mol. The molecule has 2 amide bonds. The van der Waals surface area contributed by atoms with E-state index in [1.165, 1.54) is 0 Å². The van der Waals surface area contributed by atoms with Gasteiger partial charge in [-0.3, -0.25) is 0 Å². The third-order valence-electron chi connectivity index (χ3n) is 4.53. The Balaban J connectivity index is 1.50. The molecule has 3 unspecified atom stereocenters. The number of hydrogen-bond donors (Lipinski definition) is 3. The van der Waals surface area contributed by atoms with Gasteiger partial charge in [-0.1, -0.05) is 24.6 Å². The minimum absolute atomic E-state index is 0.195. The number of aliphatic hydroxyl groups excluding tert-OH is 1. The van der Waals surface area contributed by atoms with Crippen molar-refractivity contribution in [3.8, 4) is 0 Å². The van der Waals surface area contributed by atoms with Gasteiger partial charge in [-0.15, -0.1) is 0 Å². The maximum atomic E-state index is 12.0. The summed E-state index contributed by atoms with van der Waals surface area (Å²) in [6.07, 6.45) is 3.54. The van der Waals surface area contributed by atoms with Gasteiger partial charge >= 0.3 is 6.03 Å². The topological polar surface area (TPSA) is 74.5 Å². The zero-order valence-electron chi connectivity index (χ0n) is 13.4. The van der Waals surface area contributed by atoms with E-state index in [1.54, 1.807) is 0 Å². The van der Waals surface area contributed by atoms with E-state index in [9.17, 15) is 9.90 Å². The molecule has 1 saturated carbocycles. The number of hydrogen-bond acceptors (Lipinski definition) is 3. The number of rotatable bonds is 4. The van der Waals surface area contributed by atoms with Gasteiger partial charge in [-0.25, -0.2) is 4.79 Å². The van der Waals surface area contributed by atoms with Gasteiger partial charge in [-0.2, -0.15) is 0 Å². The number of furan rings is 1. The fourth-order valence-electron chi connectivity index (χ4n) is 3.22.